The number of aromatic nitrogens is 2. The average Bonchev–Trinajstić information content (AvgIpc) is 3.32. The minimum atomic E-state index is 0.203. The SMILES string of the molecule is CN1C(=O)CN2c3c(cccc31)[C@@H]1CN(CCCc3[nH]nc4ccccc34)CC[C@@H]12. The van der Waals surface area contributed by atoms with Crippen molar-refractivity contribution in [2.75, 3.05) is 43.0 Å². The topological polar surface area (TPSA) is 55.5 Å². The number of hydrogen-bond donors (Lipinski definition) is 1. The predicted octanol–water partition coefficient (Wildman–Crippen LogP) is 3.15. The molecule has 4 heterocycles. The van der Waals surface area contributed by atoms with E-state index >= 15 is 0 Å². The summed E-state index contributed by atoms with van der Waals surface area (Å²) in [6.45, 7) is 3.81. The molecule has 3 aliphatic rings. The van der Waals surface area contributed by atoms with E-state index in [1.54, 1.807) is 0 Å². The number of rotatable bonds is 4. The van der Waals surface area contributed by atoms with Gasteiger partial charge in [0, 0.05) is 43.2 Å². The molecule has 30 heavy (non-hydrogen) atoms. The van der Waals surface area contributed by atoms with E-state index in [9.17, 15) is 4.79 Å². The monoisotopic (exact) mass is 401 g/mol. The van der Waals surface area contributed by atoms with Crippen molar-refractivity contribution in [3.63, 3.8) is 0 Å². The van der Waals surface area contributed by atoms with Gasteiger partial charge in [-0.2, -0.15) is 5.10 Å². The first-order chi connectivity index (χ1) is 14.7. The molecular formula is C24H27N5O. The average molecular weight is 402 g/mol. The fourth-order valence-electron chi connectivity index (χ4n) is 5.75. The summed E-state index contributed by atoms with van der Waals surface area (Å²) in [6, 6.07) is 15.3. The van der Waals surface area contributed by atoms with Gasteiger partial charge in [-0.25, -0.2) is 0 Å². The Balaban J connectivity index is 1.16. The van der Waals surface area contributed by atoms with Crippen molar-refractivity contribution in [1.29, 1.82) is 0 Å². The van der Waals surface area contributed by atoms with E-state index in [-0.39, 0.29) is 5.91 Å². The molecule has 1 N–H and O–H groups in total. The highest BCUT2D eigenvalue weighted by Crippen LogP contribution is 2.50. The van der Waals surface area contributed by atoms with Gasteiger partial charge in [-0.3, -0.25) is 9.89 Å². The number of likely N-dealkylation sites (N-methyl/N-ethyl adjacent to an activating group) is 1. The summed E-state index contributed by atoms with van der Waals surface area (Å²) < 4.78 is 0. The van der Waals surface area contributed by atoms with Gasteiger partial charge in [0.15, 0.2) is 0 Å². The number of anilines is 2. The Hall–Kier alpha value is -2.86. The molecule has 0 saturated carbocycles. The highest BCUT2D eigenvalue weighted by atomic mass is 16.2. The van der Waals surface area contributed by atoms with Crippen molar-refractivity contribution in [2.45, 2.75) is 31.2 Å². The van der Waals surface area contributed by atoms with Gasteiger partial charge in [-0.05, 0) is 43.5 Å². The lowest BCUT2D eigenvalue weighted by atomic mass is 9.89. The molecule has 154 valence electrons. The Morgan fingerprint density at radius 3 is 3.00 bits per heavy atom. The molecule has 6 heteroatoms. The Kier molecular flexibility index (Phi) is 4.09. The van der Waals surface area contributed by atoms with Crippen LogP contribution < -0.4 is 9.80 Å². The Bertz CT molecular complexity index is 1120. The number of hydrogen-bond acceptors (Lipinski definition) is 4. The first-order valence-corrected chi connectivity index (χ1v) is 11.0. The second-order valence-corrected chi connectivity index (χ2v) is 8.88. The van der Waals surface area contributed by atoms with Gasteiger partial charge in [-0.1, -0.05) is 30.3 Å². The number of para-hydroxylation sites is 2. The fourth-order valence-corrected chi connectivity index (χ4v) is 5.75. The van der Waals surface area contributed by atoms with Gasteiger partial charge in [-0.15, -0.1) is 0 Å². The number of fused-ring (bicyclic) bond motifs is 4. The van der Waals surface area contributed by atoms with Crippen molar-refractivity contribution in [2.24, 2.45) is 0 Å². The third-order valence-corrected chi connectivity index (χ3v) is 7.28. The van der Waals surface area contributed by atoms with Crippen LogP contribution in [-0.4, -0.2) is 60.3 Å². The van der Waals surface area contributed by atoms with E-state index in [2.05, 4.69) is 56.4 Å². The lowest BCUT2D eigenvalue weighted by Crippen LogP contribution is -2.51. The standard InChI is InChI=1S/C24H27N5O/c1-27-22-10-4-7-16-18-14-28(13-11-21(18)29(24(16)22)15-23(27)30)12-5-9-20-17-6-2-3-8-19(17)25-26-20/h2-4,6-8,10,18,21H,5,9,11-15H2,1H3,(H,25,26)/t18-,21-/m0/s1. The van der Waals surface area contributed by atoms with Crippen LogP contribution in [0.4, 0.5) is 11.4 Å². The van der Waals surface area contributed by atoms with Gasteiger partial charge in [0.25, 0.3) is 0 Å². The van der Waals surface area contributed by atoms with E-state index < -0.39 is 0 Å². The normalized spacial score (nSPS) is 23.2. The predicted molar refractivity (Wildman–Crippen MR) is 119 cm³/mol. The maximum atomic E-state index is 12.5. The van der Waals surface area contributed by atoms with Crippen LogP contribution in [0.2, 0.25) is 0 Å². The van der Waals surface area contributed by atoms with Gasteiger partial charge in [0.1, 0.15) is 0 Å². The van der Waals surface area contributed by atoms with Crippen LogP contribution >= 0.6 is 0 Å². The number of aromatic amines is 1. The molecule has 0 radical (unpaired) electrons. The number of aryl methyl sites for hydroxylation is 1. The molecule has 2 atom stereocenters. The third-order valence-electron chi connectivity index (χ3n) is 7.28. The van der Waals surface area contributed by atoms with Crippen LogP contribution in [0.25, 0.3) is 10.9 Å². The summed E-state index contributed by atoms with van der Waals surface area (Å²) in [5.41, 5.74) is 6.11. The molecule has 0 spiro atoms. The molecule has 1 fully saturated rings. The van der Waals surface area contributed by atoms with Crippen LogP contribution in [0.5, 0.6) is 0 Å². The van der Waals surface area contributed by atoms with Gasteiger partial charge < -0.3 is 14.7 Å². The third kappa shape index (κ3) is 2.67. The molecule has 6 rings (SSSR count). The fraction of sp³-hybridized carbons (Fsp3) is 0.417. The number of benzene rings is 2. The molecule has 0 bridgehead atoms. The molecular weight excluding hydrogens is 374 g/mol. The van der Waals surface area contributed by atoms with Gasteiger partial charge >= 0.3 is 0 Å². The Morgan fingerprint density at radius 1 is 1.17 bits per heavy atom. The van der Waals surface area contributed by atoms with E-state index in [0.29, 0.717) is 18.5 Å². The van der Waals surface area contributed by atoms with Crippen molar-refractivity contribution in [3.8, 4) is 0 Å². The zero-order valence-corrected chi connectivity index (χ0v) is 17.3. The zero-order chi connectivity index (χ0) is 20.2. The molecule has 1 saturated heterocycles. The quantitative estimate of drug-likeness (QED) is 0.730. The molecule has 1 amide bonds. The van der Waals surface area contributed by atoms with Crippen LogP contribution in [-0.2, 0) is 11.2 Å². The summed E-state index contributed by atoms with van der Waals surface area (Å²) >= 11 is 0. The van der Waals surface area contributed by atoms with Crippen molar-refractivity contribution >= 4 is 28.2 Å². The van der Waals surface area contributed by atoms with E-state index in [1.807, 2.05) is 18.0 Å². The Labute approximate surface area is 176 Å². The first kappa shape index (κ1) is 18.0. The molecule has 2 aromatic carbocycles. The lowest BCUT2D eigenvalue weighted by Gasteiger charge is -2.40. The first-order valence-electron chi connectivity index (χ1n) is 11.0. The van der Waals surface area contributed by atoms with E-state index in [0.717, 1.165) is 50.1 Å². The number of H-pyrrole nitrogens is 1. The lowest BCUT2D eigenvalue weighted by molar-refractivity contribution is -0.117. The van der Waals surface area contributed by atoms with E-state index in [4.69, 9.17) is 0 Å². The molecule has 1 aromatic heterocycles. The minimum absolute atomic E-state index is 0.203. The highest BCUT2D eigenvalue weighted by Gasteiger charge is 2.46. The summed E-state index contributed by atoms with van der Waals surface area (Å²) in [5, 5.41) is 8.89. The number of nitrogens with zero attached hydrogens (tertiary/aromatic N) is 4. The number of carbonyl (C=O) groups excluding carboxylic acids is 1. The second-order valence-electron chi connectivity index (χ2n) is 8.88. The summed E-state index contributed by atoms with van der Waals surface area (Å²) in [6.07, 6.45) is 3.28. The van der Waals surface area contributed by atoms with Crippen molar-refractivity contribution in [1.82, 2.24) is 15.1 Å². The van der Waals surface area contributed by atoms with E-state index in [1.165, 1.54) is 22.3 Å². The maximum Gasteiger partial charge on any atom is 0.246 e. The molecule has 6 nitrogen and oxygen atoms in total. The summed E-state index contributed by atoms with van der Waals surface area (Å²) in [5.74, 6) is 0.704. The maximum absolute atomic E-state index is 12.5. The summed E-state index contributed by atoms with van der Waals surface area (Å²) in [7, 11) is 1.91. The minimum Gasteiger partial charge on any atom is -0.357 e. The number of piperidine rings is 1. The number of nitrogens with one attached hydrogen (secondary N) is 1. The van der Waals surface area contributed by atoms with Crippen molar-refractivity contribution in [3.05, 3.63) is 53.7 Å². The van der Waals surface area contributed by atoms with Crippen LogP contribution in [0, 0.1) is 0 Å². The largest absolute Gasteiger partial charge is 0.357 e. The number of carbonyl (C=O) groups is 1. The van der Waals surface area contributed by atoms with Crippen LogP contribution in [0.3, 0.4) is 0 Å². The zero-order valence-electron chi connectivity index (χ0n) is 17.3. The highest BCUT2D eigenvalue weighted by molar-refractivity contribution is 6.04. The second kappa shape index (κ2) is 6.84. The number of likely N-dealkylation sites (tertiary alicyclic amines) is 1. The van der Waals surface area contributed by atoms with Crippen LogP contribution in [0.15, 0.2) is 42.5 Å². The van der Waals surface area contributed by atoms with Crippen molar-refractivity contribution < 1.29 is 4.79 Å². The molecule has 3 aliphatic heterocycles. The van der Waals surface area contributed by atoms with Gasteiger partial charge in [0.05, 0.1) is 23.4 Å². The molecule has 0 unspecified atom stereocenters. The summed E-state index contributed by atoms with van der Waals surface area (Å²) in [4.78, 5) is 19.3. The molecule has 3 aromatic rings. The van der Waals surface area contributed by atoms with Gasteiger partial charge in [0.2, 0.25) is 5.91 Å². The molecule has 0 aliphatic carbocycles. The number of amides is 1. The Morgan fingerprint density at radius 2 is 2.07 bits per heavy atom. The van der Waals surface area contributed by atoms with Crippen LogP contribution in [0.1, 0.15) is 30.0 Å². The smallest absolute Gasteiger partial charge is 0.246 e.